The van der Waals surface area contributed by atoms with E-state index in [4.69, 9.17) is 11.6 Å². The molecule has 4 nitrogen and oxygen atoms in total. The van der Waals surface area contributed by atoms with E-state index in [2.05, 4.69) is 60.1 Å². The minimum Gasteiger partial charge on any atom is -0.318 e. The largest absolute Gasteiger partial charge is 0.318 e. The second-order valence-electron chi connectivity index (χ2n) is 6.69. The molecule has 3 aromatic rings. The van der Waals surface area contributed by atoms with Crippen LogP contribution in [0, 0.1) is 27.7 Å². The summed E-state index contributed by atoms with van der Waals surface area (Å²) in [6.45, 7) is 8.29. The van der Waals surface area contributed by atoms with Gasteiger partial charge in [0.1, 0.15) is 0 Å². The summed E-state index contributed by atoms with van der Waals surface area (Å²) in [5.74, 6) is -0.333. The minimum atomic E-state index is -0.333. The SMILES string of the molecule is Cc1cc(C)cc(-n2c(C)cc(/C=N\NC(=O)c3ccccc3Cl)c2C)c1. The Bertz CT molecular complexity index is 1010. The van der Waals surface area contributed by atoms with E-state index in [0.717, 1.165) is 22.6 Å². The van der Waals surface area contributed by atoms with Crippen LogP contribution < -0.4 is 5.43 Å². The Balaban J connectivity index is 1.83. The molecule has 1 N–H and O–H groups in total. The molecule has 27 heavy (non-hydrogen) atoms. The van der Waals surface area contributed by atoms with Crippen molar-refractivity contribution < 1.29 is 4.79 Å². The van der Waals surface area contributed by atoms with E-state index >= 15 is 0 Å². The molecule has 0 radical (unpaired) electrons. The standard InChI is InChI=1S/C22H22ClN3O/c1-14-9-15(2)11-19(10-14)26-16(3)12-18(17(26)4)13-24-25-22(27)20-7-5-6-8-21(20)23/h5-13H,1-4H3,(H,25,27)/b24-13-. The van der Waals surface area contributed by atoms with Gasteiger partial charge in [-0.15, -0.1) is 0 Å². The number of rotatable bonds is 4. The summed E-state index contributed by atoms with van der Waals surface area (Å²) in [4.78, 5) is 12.2. The van der Waals surface area contributed by atoms with Gasteiger partial charge in [-0.3, -0.25) is 4.79 Å². The second kappa shape index (κ2) is 7.80. The van der Waals surface area contributed by atoms with Crippen LogP contribution in [0.2, 0.25) is 5.02 Å². The Kier molecular flexibility index (Phi) is 5.47. The summed E-state index contributed by atoms with van der Waals surface area (Å²) < 4.78 is 2.19. The van der Waals surface area contributed by atoms with E-state index in [-0.39, 0.29) is 5.91 Å². The number of aromatic nitrogens is 1. The van der Waals surface area contributed by atoms with Crippen molar-refractivity contribution in [3.63, 3.8) is 0 Å². The average Bonchev–Trinajstić information content (AvgIpc) is 2.88. The van der Waals surface area contributed by atoms with Crippen LogP contribution in [0.1, 0.15) is 38.4 Å². The number of benzene rings is 2. The number of hydrogen-bond donors (Lipinski definition) is 1. The minimum absolute atomic E-state index is 0.333. The molecule has 1 aromatic heterocycles. The number of carbonyl (C=O) groups excluding carboxylic acids is 1. The first kappa shape index (κ1) is 18.9. The molecule has 0 aliphatic rings. The van der Waals surface area contributed by atoms with E-state index in [1.807, 2.05) is 6.92 Å². The van der Waals surface area contributed by atoms with Gasteiger partial charge in [0, 0.05) is 22.6 Å². The van der Waals surface area contributed by atoms with E-state index < -0.39 is 0 Å². The van der Waals surface area contributed by atoms with Crippen molar-refractivity contribution in [2.45, 2.75) is 27.7 Å². The highest BCUT2D eigenvalue weighted by Crippen LogP contribution is 2.22. The topological polar surface area (TPSA) is 46.4 Å². The molecule has 0 atom stereocenters. The maximum Gasteiger partial charge on any atom is 0.272 e. The van der Waals surface area contributed by atoms with Crippen LogP contribution in [0.5, 0.6) is 0 Å². The van der Waals surface area contributed by atoms with Crippen LogP contribution in [-0.4, -0.2) is 16.7 Å². The third kappa shape index (κ3) is 4.12. The second-order valence-corrected chi connectivity index (χ2v) is 7.09. The Labute approximate surface area is 164 Å². The first-order valence-corrected chi connectivity index (χ1v) is 9.10. The summed E-state index contributed by atoms with van der Waals surface area (Å²) in [5, 5.41) is 4.51. The molecule has 3 rings (SSSR count). The van der Waals surface area contributed by atoms with Crippen molar-refractivity contribution in [2.75, 3.05) is 0 Å². The lowest BCUT2D eigenvalue weighted by molar-refractivity contribution is 0.0955. The number of nitrogens with one attached hydrogen (secondary N) is 1. The molecule has 0 spiro atoms. The molecule has 2 aromatic carbocycles. The zero-order chi connectivity index (χ0) is 19.6. The number of amides is 1. The van der Waals surface area contributed by atoms with Gasteiger partial charge in [0.15, 0.2) is 0 Å². The summed E-state index contributed by atoms with van der Waals surface area (Å²) in [5.41, 5.74) is 9.63. The van der Waals surface area contributed by atoms with Gasteiger partial charge in [0.2, 0.25) is 0 Å². The normalized spacial score (nSPS) is 11.1. The maximum absolute atomic E-state index is 12.2. The van der Waals surface area contributed by atoms with Crippen LogP contribution in [0.3, 0.4) is 0 Å². The molecule has 0 saturated heterocycles. The fourth-order valence-corrected chi connectivity index (χ4v) is 3.48. The van der Waals surface area contributed by atoms with Gasteiger partial charge < -0.3 is 4.57 Å². The quantitative estimate of drug-likeness (QED) is 0.495. The van der Waals surface area contributed by atoms with E-state index in [9.17, 15) is 4.79 Å². The Morgan fingerprint density at radius 3 is 2.37 bits per heavy atom. The van der Waals surface area contributed by atoms with Crippen LogP contribution in [0.15, 0.2) is 53.6 Å². The lowest BCUT2D eigenvalue weighted by Crippen LogP contribution is -2.18. The highest BCUT2D eigenvalue weighted by molar-refractivity contribution is 6.33. The van der Waals surface area contributed by atoms with Crippen LogP contribution in [0.25, 0.3) is 5.69 Å². The number of halogens is 1. The van der Waals surface area contributed by atoms with E-state index in [1.165, 1.54) is 11.1 Å². The lowest BCUT2D eigenvalue weighted by Gasteiger charge is -2.11. The molecular formula is C22H22ClN3O. The van der Waals surface area contributed by atoms with E-state index in [1.54, 1.807) is 30.5 Å². The lowest BCUT2D eigenvalue weighted by atomic mass is 10.1. The van der Waals surface area contributed by atoms with Crippen molar-refractivity contribution in [1.82, 2.24) is 9.99 Å². The van der Waals surface area contributed by atoms with Crippen molar-refractivity contribution >= 4 is 23.7 Å². The summed E-state index contributed by atoms with van der Waals surface area (Å²) in [6.07, 6.45) is 1.66. The molecule has 0 aliphatic carbocycles. The highest BCUT2D eigenvalue weighted by atomic mass is 35.5. The number of hydrogen-bond acceptors (Lipinski definition) is 2. The predicted octanol–water partition coefficient (Wildman–Crippen LogP) is 5.13. The number of hydrazone groups is 1. The number of aryl methyl sites for hydroxylation is 3. The van der Waals surface area contributed by atoms with Gasteiger partial charge in [-0.1, -0.05) is 29.8 Å². The highest BCUT2D eigenvalue weighted by Gasteiger charge is 2.11. The van der Waals surface area contributed by atoms with Gasteiger partial charge in [-0.2, -0.15) is 5.10 Å². The van der Waals surface area contributed by atoms with Gasteiger partial charge in [0.25, 0.3) is 5.91 Å². The molecule has 0 saturated carbocycles. The third-order valence-corrected chi connectivity index (χ3v) is 4.75. The molecule has 0 bridgehead atoms. The molecule has 1 heterocycles. The van der Waals surface area contributed by atoms with Gasteiger partial charge in [-0.05, 0) is 69.2 Å². The molecular weight excluding hydrogens is 358 g/mol. The monoisotopic (exact) mass is 379 g/mol. The molecule has 138 valence electrons. The zero-order valence-corrected chi connectivity index (χ0v) is 16.6. The van der Waals surface area contributed by atoms with E-state index in [0.29, 0.717) is 10.6 Å². The summed E-state index contributed by atoms with van der Waals surface area (Å²) >= 11 is 6.04. The van der Waals surface area contributed by atoms with Gasteiger partial charge >= 0.3 is 0 Å². The maximum atomic E-state index is 12.2. The Morgan fingerprint density at radius 1 is 1.04 bits per heavy atom. The Hall–Kier alpha value is -2.85. The molecule has 5 heteroatoms. The van der Waals surface area contributed by atoms with Crippen molar-refractivity contribution in [3.8, 4) is 5.69 Å². The number of nitrogens with zero attached hydrogens (tertiary/aromatic N) is 2. The molecule has 1 amide bonds. The fourth-order valence-electron chi connectivity index (χ4n) is 3.26. The third-order valence-electron chi connectivity index (χ3n) is 4.42. The first-order chi connectivity index (χ1) is 12.9. The van der Waals surface area contributed by atoms with Crippen molar-refractivity contribution in [3.05, 3.63) is 87.2 Å². The predicted molar refractivity (Wildman–Crippen MR) is 111 cm³/mol. The fraction of sp³-hybridized carbons (Fsp3) is 0.182. The van der Waals surface area contributed by atoms with Crippen LogP contribution >= 0.6 is 11.6 Å². The molecule has 0 unspecified atom stereocenters. The van der Waals surface area contributed by atoms with Crippen LogP contribution in [0.4, 0.5) is 0 Å². The summed E-state index contributed by atoms with van der Waals surface area (Å²) in [7, 11) is 0. The first-order valence-electron chi connectivity index (χ1n) is 8.72. The average molecular weight is 380 g/mol. The Morgan fingerprint density at radius 2 is 1.70 bits per heavy atom. The van der Waals surface area contributed by atoms with Gasteiger partial charge in [0.05, 0.1) is 16.8 Å². The molecule has 0 aliphatic heterocycles. The summed E-state index contributed by atoms with van der Waals surface area (Å²) in [6, 6.07) is 15.4. The smallest absolute Gasteiger partial charge is 0.272 e. The van der Waals surface area contributed by atoms with Crippen molar-refractivity contribution in [2.24, 2.45) is 5.10 Å². The zero-order valence-electron chi connectivity index (χ0n) is 15.9. The number of carbonyl (C=O) groups is 1. The molecule has 0 fully saturated rings. The van der Waals surface area contributed by atoms with Crippen LogP contribution in [-0.2, 0) is 0 Å². The van der Waals surface area contributed by atoms with Gasteiger partial charge in [-0.25, -0.2) is 5.43 Å². The van der Waals surface area contributed by atoms with Crippen molar-refractivity contribution in [1.29, 1.82) is 0 Å².